The molecule has 8 aromatic rings. The van der Waals surface area contributed by atoms with Crippen LogP contribution in [0.3, 0.4) is 0 Å². The normalized spacial score (nSPS) is 16.7. The van der Waals surface area contributed by atoms with Crippen LogP contribution in [0.4, 0.5) is 0 Å². The summed E-state index contributed by atoms with van der Waals surface area (Å²) >= 11 is 0. The largest absolute Gasteiger partial charge is 0.456 e. The summed E-state index contributed by atoms with van der Waals surface area (Å²) < 4.78 is 6.50. The molecule has 6 aromatic carbocycles. The van der Waals surface area contributed by atoms with Gasteiger partial charge in [0, 0.05) is 39.3 Å². The summed E-state index contributed by atoms with van der Waals surface area (Å²) in [7, 11) is 0. The molecular formula is C47H31N3O. The minimum Gasteiger partial charge on any atom is -0.456 e. The van der Waals surface area contributed by atoms with Gasteiger partial charge in [-0.1, -0.05) is 158 Å². The minimum atomic E-state index is 0.0830. The van der Waals surface area contributed by atoms with Crippen molar-refractivity contribution < 1.29 is 4.42 Å². The maximum absolute atomic E-state index is 6.50. The fourth-order valence-corrected chi connectivity index (χ4v) is 7.76. The molecule has 0 saturated carbocycles. The fraction of sp³-hybridized carbons (Fsp3) is 0.0426. The van der Waals surface area contributed by atoms with E-state index in [2.05, 4.69) is 115 Å². The Morgan fingerprint density at radius 1 is 0.471 bits per heavy atom. The summed E-state index contributed by atoms with van der Waals surface area (Å²) in [6, 6.07) is 48.4. The Balaban J connectivity index is 1.11. The van der Waals surface area contributed by atoms with E-state index in [-0.39, 0.29) is 11.8 Å². The van der Waals surface area contributed by atoms with E-state index in [9.17, 15) is 0 Å². The van der Waals surface area contributed by atoms with Crippen molar-refractivity contribution in [3.63, 3.8) is 0 Å². The number of nitrogens with zero attached hydrogens (tertiary/aromatic N) is 3. The smallest absolute Gasteiger partial charge is 0.164 e. The molecule has 2 heterocycles. The topological polar surface area (TPSA) is 51.8 Å². The van der Waals surface area contributed by atoms with Crippen molar-refractivity contribution in [2.24, 2.45) is 5.92 Å². The van der Waals surface area contributed by atoms with E-state index in [1.165, 1.54) is 33.0 Å². The lowest BCUT2D eigenvalue weighted by Crippen LogP contribution is -2.18. The Morgan fingerprint density at radius 2 is 1.18 bits per heavy atom. The number of hydrogen-bond donors (Lipinski definition) is 0. The van der Waals surface area contributed by atoms with Gasteiger partial charge in [-0.05, 0) is 51.2 Å². The van der Waals surface area contributed by atoms with E-state index in [1.54, 1.807) is 0 Å². The molecule has 4 heteroatoms. The van der Waals surface area contributed by atoms with Gasteiger partial charge in [0.2, 0.25) is 0 Å². The van der Waals surface area contributed by atoms with Gasteiger partial charge in [0.15, 0.2) is 17.5 Å². The predicted octanol–water partition coefficient (Wildman–Crippen LogP) is 11.8. The quantitative estimate of drug-likeness (QED) is 0.185. The number of fused-ring (bicyclic) bond motifs is 5. The molecule has 0 radical (unpaired) electrons. The molecule has 0 saturated heterocycles. The molecule has 10 rings (SSSR count). The summed E-state index contributed by atoms with van der Waals surface area (Å²) in [6.45, 7) is 0. The molecule has 0 N–H and O–H groups in total. The van der Waals surface area contributed by atoms with Crippen molar-refractivity contribution in [3.05, 3.63) is 193 Å². The molecule has 2 aromatic heterocycles. The average Bonchev–Trinajstić information content (AvgIpc) is 3.59. The molecule has 2 aliphatic rings. The fourth-order valence-electron chi connectivity index (χ4n) is 7.76. The van der Waals surface area contributed by atoms with Gasteiger partial charge in [-0.15, -0.1) is 0 Å². The average molecular weight is 654 g/mol. The highest BCUT2D eigenvalue weighted by Gasteiger charge is 2.31. The summed E-state index contributed by atoms with van der Waals surface area (Å²) in [6.07, 6.45) is 13.3. The summed E-state index contributed by atoms with van der Waals surface area (Å²) in [5.41, 5.74) is 9.54. The molecular weight excluding hydrogens is 623 g/mol. The van der Waals surface area contributed by atoms with Crippen LogP contribution in [0.5, 0.6) is 0 Å². The van der Waals surface area contributed by atoms with Gasteiger partial charge < -0.3 is 4.42 Å². The first-order valence-corrected chi connectivity index (χ1v) is 17.4. The predicted molar refractivity (Wildman–Crippen MR) is 208 cm³/mol. The highest BCUT2D eigenvalue weighted by molar-refractivity contribution is 6.09. The SMILES string of the molecule is C1=CC2=C(c3nc(-c4ccccc4)nc(-c4ccccc4)n3)C=CC(c3cccc4oc5ccc(-c6cccc7ccccc67)cc5c34)C2C=C1. The van der Waals surface area contributed by atoms with Crippen molar-refractivity contribution in [1.29, 1.82) is 0 Å². The molecule has 0 amide bonds. The second-order valence-corrected chi connectivity index (χ2v) is 13.1. The van der Waals surface area contributed by atoms with Gasteiger partial charge in [-0.2, -0.15) is 0 Å². The van der Waals surface area contributed by atoms with Crippen LogP contribution in [-0.4, -0.2) is 15.0 Å². The first-order chi connectivity index (χ1) is 25.3. The van der Waals surface area contributed by atoms with Crippen LogP contribution < -0.4 is 0 Å². The van der Waals surface area contributed by atoms with Gasteiger partial charge >= 0.3 is 0 Å². The summed E-state index contributed by atoms with van der Waals surface area (Å²) in [4.78, 5) is 15.1. The van der Waals surface area contributed by atoms with Crippen LogP contribution in [-0.2, 0) is 0 Å². The van der Waals surface area contributed by atoms with Crippen molar-refractivity contribution in [1.82, 2.24) is 15.0 Å². The Kier molecular flexibility index (Phi) is 6.91. The summed E-state index contributed by atoms with van der Waals surface area (Å²) in [5, 5.41) is 4.77. The Labute approximate surface area is 295 Å². The molecule has 2 aliphatic carbocycles. The third-order valence-corrected chi connectivity index (χ3v) is 10.2. The van der Waals surface area contributed by atoms with Gasteiger partial charge in [-0.3, -0.25) is 0 Å². The third-order valence-electron chi connectivity index (χ3n) is 10.2. The molecule has 0 fully saturated rings. The second kappa shape index (κ2) is 12.0. The third kappa shape index (κ3) is 5.03. The number of allylic oxidation sites excluding steroid dienone is 8. The maximum Gasteiger partial charge on any atom is 0.164 e. The van der Waals surface area contributed by atoms with Crippen molar-refractivity contribution in [2.45, 2.75) is 5.92 Å². The van der Waals surface area contributed by atoms with E-state index in [0.717, 1.165) is 38.6 Å². The lowest BCUT2D eigenvalue weighted by atomic mass is 9.73. The van der Waals surface area contributed by atoms with Gasteiger partial charge in [-0.25, -0.2) is 15.0 Å². The maximum atomic E-state index is 6.50. The molecule has 2 unspecified atom stereocenters. The van der Waals surface area contributed by atoms with E-state index in [0.29, 0.717) is 17.5 Å². The first kappa shape index (κ1) is 29.3. The highest BCUT2D eigenvalue weighted by atomic mass is 16.3. The molecule has 0 spiro atoms. The monoisotopic (exact) mass is 653 g/mol. The van der Waals surface area contributed by atoms with Crippen LogP contribution in [0, 0.1) is 5.92 Å². The standard InChI is InChI=1S/C47H31N3O/c1-3-14-31(15-4-1)45-48-46(32-16-5-2-6-17-32)50-47(49-45)40-27-26-38(36-20-9-10-21-37(36)40)39-23-12-24-43-44(39)41-29-33(25-28-42(41)51-43)35-22-11-18-30-13-7-8-19-34(30)35/h1-29,36,38H. The Bertz CT molecular complexity index is 2690. The number of aromatic nitrogens is 3. The van der Waals surface area contributed by atoms with E-state index in [1.807, 2.05) is 60.7 Å². The van der Waals surface area contributed by atoms with Crippen LogP contribution in [0.1, 0.15) is 17.3 Å². The second-order valence-electron chi connectivity index (χ2n) is 13.1. The zero-order valence-corrected chi connectivity index (χ0v) is 27.6. The van der Waals surface area contributed by atoms with Crippen LogP contribution >= 0.6 is 0 Å². The van der Waals surface area contributed by atoms with Crippen LogP contribution in [0.25, 0.3) is 72.2 Å². The van der Waals surface area contributed by atoms with Crippen LogP contribution in [0.15, 0.2) is 186 Å². The van der Waals surface area contributed by atoms with Crippen molar-refractivity contribution in [3.8, 4) is 33.9 Å². The number of hydrogen-bond acceptors (Lipinski definition) is 4. The van der Waals surface area contributed by atoms with Gasteiger partial charge in [0.25, 0.3) is 0 Å². The van der Waals surface area contributed by atoms with Gasteiger partial charge in [0.1, 0.15) is 11.2 Å². The first-order valence-electron chi connectivity index (χ1n) is 17.4. The summed E-state index contributed by atoms with van der Waals surface area (Å²) in [5.74, 6) is 2.16. The number of rotatable bonds is 5. The van der Waals surface area contributed by atoms with E-state index < -0.39 is 0 Å². The molecule has 4 nitrogen and oxygen atoms in total. The van der Waals surface area contributed by atoms with Crippen molar-refractivity contribution in [2.75, 3.05) is 0 Å². The van der Waals surface area contributed by atoms with Gasteiger partial charge in [0.05, 0.1) is 0 Å². The molecule has 0 bridgehead atoms. The molecule has 0 aliphatic heterocycles. The minimum absolute atomic E-state index is 0.0830. The number of furan rings is 1. The zero-order chi connectivity index (χ0) is 33.7. The Morgan fingerprint density at radius 3 is 1.98 bits per heavy atom. The van der Waals surface area contributed by atoms with Crippen LogP contribution in [0.2, 0.25) is 0 Å². The van der Waals surface area contributed by atoms with Crippen molar-refractivity contribution >= 4 is 38.3 Å². The number of benzene rings is 6. The highest BCUT2D eigenvalue weighted by Crippen LogP contribution is 2.46. The molecule has 51 heavy (non-hydrogen) atoms. The Hall–Kier alpha value is -6.65. The lowest BCUT2D eigenvalue weighted by Gasteiger charge is -2.30. The molecule has 240 valence electrons. The molecule has 2 atom stereocenters. The van der Waals surface area contributed by atoms with E-state index in [4.69, 9.17) is 19.4 Å². The lowest BCUT2D eigenvalue weighted by molar-refractivity contribution is 0.662. The zero-order valence-electron chi connectivity index (χ0n) is 27.6. The van der Waals surface area contributed by atoms with E-state index >= 15 is 0 Å².